The predicted octanol–water partition coefficient (Wildman–Crippen LogP) is 7.09. The van der Waals surface area contributed by atoms with E-state index in [0.717, 1.165) is 17.2 Å². The highest BCUT2D eigenvalue weighted by molar-refractivity contribution is 6.10. The topological polar surface area (TPSA) is 71.5 Å². The van der Waals surface area contributed by atoms with Gasteiger partial charge in [-0.3, -0.25) is 9.59 Å². The molecule has 1 N–H and O–H groups in total. The number of amides is 2. The number of aromatic nitrogens is 1. The number of anilines is 2. The molecule has 2 amide bonds. The minimum absolute atomic E-state index is 0.125. The number of pyridine rings is 1. The number of halogens is 1. The Morgan fingerprint density at radius 1 is 0.821 bits per heavy atom. The molecule has 1 aliphatic rings. The van der Waals surface area contributed by atoms with Crippen molar-refractivity contribution < 1.29 is 18.7 Å². The second-order valence-corrected chi connectivity index (χ2v) is 8.99. The van der Waals surface area contributed by atoms with Crippen molar-refractivity contribution in [3.05, 3.63) is 138 Å². The van der Waals surface area contributed by atoms with Crippen molar-refractivity contribution in [1.29, 1.82) is 0 Å². The second kappa shape index (κ2) is 10.2. The zero-order chi connectivity index (χ0) is 26.8. The standard InChI is InChI=1S/C32H22FN3O3/c33-27-19-23(35-30(37)25-13-5-4-12-24(25)21-9-2-1-3-10-21)16-17-26(27)32(38)36-20-22-11-8-18-34-31(22)39-29-15-7-6-14-28(29)36/h1-19H,20H2,(H,35,37). The summed E-state index contributed by atoms with van der Waals surface area (Å²) in [6.45, 7) is 0.160. The Kier molecular flexibility index (Phi) is 6.31. The Morgan fingerprint density at radius 2 is 1.59 bits per heavy atom. The molecule has 0 radical (unpaired) electrons. The van der Waals surface area contributed by atoms with Gasteiger partial charge in [0.05, 0.1) is 17.8 Å². The van der Waals surface area contributed by atoms with E-state index in [1.165, 1.54) is 17.0 Å². The van der Waals surface area contributed by atoms with Crippen LogP contribution in [-0.4, -0.2) is 16.8 Å². The first-order valence-corrected chi connectivity index (χ1v) is 12.4. The number of benzene rings is 4. The highest BCUT2D eigenvalue weighted by Gasteiger charge is 2.28. The number of rotatable bonds is 4. The number of carbonyl (C=O) groups is 2. The number of nitrogens with zero attached hydrogens (tertiary/aromatic N) is 2. The van der Waals surface area contributed by atoms with Gasteiger partial charge >= 0.3 is 0 Å². The molecule has 39 heavy (non-hydrogen) atoms. The fourth-order valence-corrected chi connectivity index (χ4v) is 4.60. The van der Waals surface area contributed by atoms with Crippen LogP contribution in [0.3, 0.4) is 0 Å². The number of hydrogen-bond donors (Lipinski definition) is 1. The maximum absolute atomic E-state index is 15.4. The van der Waals surface area contributed by atoms with E-state index >= 15 is 4.39 Å². The fraction of sp³-hybridized carbons (Fsp3) is 0.0312. The normalized spacial score (nSPS) is 12.0. The van der Waals surface area contributed by atoms with Crippen molar-refractivity contribution in [1.82, 2.24) is 4.98 Å². The molecule has 7 heteroatoms. The lowest BCUT2D eigenvalue weighted by atomic mass is 9.99. The molecule has 190 valence electrons. The van der Waals surface area contributed by atoms with Crippen LogP contribution in [0.5, 0.6) is 11.6 Å². The van der Waals surface area contributed by atoms with Gasteiger partial charge in [0.25, 0.3) is 11.8 Å². The highest BCUT2D eigenvalue weighted by atomic mass is 19.1. The lowest BCUT2D eigenvalue weighted by Gasteiger charge is -2.22. The number of para-hydroxylation sites is 2. The largest absolute Gasteiger partial charge is 0.436 e. The van der Waals surface area contributed by atoms with Crippen molar-refractivity contribution in [2.45, 2.75) is 6.54 Å². The summed E-state index contributed by atoms with van der Waals surface area (Å²) in [7, 11) is 0. The monoisotopic (exact) mass is 515 g/mol. The van der Waals surface area contributed by atoms with Crippen molar-refractivity contribution in [2.75, 3.05) is 10.2 Å². The van der Waals surface area contributed by atoms with E-state index in [4.69, 9.17) is 4.74 Å². The zero-order valence-electron chi connectivity index (χ0n) is 20.7. The minimum atomic E-state index is -0.747. The number of hydrogen-bond acceptors (Lipinski definition) is 4. The Balaban J connectivity index is 1.28. The van der Waals surface area contributed by atoms with Gasteiger partial charge in [-0.25, -0.2) is 9.37 Å². The molecule has 0 saturated heterocycles. The molecule has 5 aromatic rings. The Hall–Kier alpha value is -5.30. The van der Waals surface area contributed by atoms with Crippen LogP contribution < -0.4 is 15.0 Å². The summed E-state index contributed by atoms with van der Waals surface area (Å²) in [4.78, 5) is 32.5. The molecule has 0 unspecified atom stereocenters. The quantitative estimate of drug-likeness (QED) is 0.277. The molecule has 0 atom stereocenters. The number of nitrogens with one attached hydrogen (secondary N) is 1. The number of fused-ring (bicyclic) bond motifs is 2. The molecule has 1 aliphatic heterocycles. The Morgan fingerprint density at radius 3 is 2.44 bits per heavy atom. The summed E-state index contributed by atoms with van der Waals surface area (Å²) in [5.74, 6) is -0.814. The van der Waals surface area contributed by atoms with Gasteiger partial charge < -0.3 is 15.0 Å². The van der Waals surface area contributed by atoms with Crippen LogP contribution in [-0.2, 0) is 6.54 Å². The molecule has 6 rings (SSSR count). The Labute approximate surface area is 224 Å². The molecular formula is C32H22FN3O3. The highest BCUT2D eigenvalue weighted by Crippen LogP contribution is 2.38. The summed E-state index contributed by atoms with van der Waals surface area (Å²) in [6, 6.07) is 31.5. The summed E-state index contributed by atoms with van der Waals surface area (Å²) < 4.78 is 21.3. The Bertz CT molecular complexity index is 1700. The molecule has 2 heterocycles. The first-order valence-electron chi connectivity index (χ1n) is 12.4. The van der Waals surface area contributed by atoms with E-state index in [0.29, 0.717) is 28.4 Å². The second-order valence-electron chi connectivity index (χ2n) is 8.99. The summed E-state index contributed by atoms with van der Waals surface area (Å²) >= 11 is 0. The average molecular weight is 516 g/mol. The van der Waals surface area contributed by atoms with E-state index in [1.807, 2.05) is 48.5 Å². The van der Waals surface area contributed by atoms with Gasteiger partial charge in [-0.1, -0.05) is 66.7 Å². The maximum Gasteiger partial charge on any atom is 0.261 e. The van der Waals surface area contributed by atoms with Crippen LogP contribution in [0.4, 0.5) is 15.8 Å². The predicted molar refractivity (Wildman–Crippen MR) is 147 cm³/mol. The van der Waals surface area contributed by atoms with Gasteiger partial charge in [-0.2, -0.15) is 0 Å². The lowest BCUT2D eigenvalue weighted by molar-refractivity contribution is 0.0980. The molecular weight excluding hydrogens is 493 g/mol. The summed E-state index contributed by atoms with van der Waals surface area (Å²) in [5.41, 5.74) is 3.44. The van der Waals surface area contributed by atoms with Crippen LogP contribution in [0.25, 0.3) is 11.1 Å². The third kappa shape index (κ3) is 4.73. The van der Waals surface area contributed by atoms with Crippen molar-refractivity contribution in [2.24, 2.45) is 0 Å². The van der Waals surface area contributed by atoms with Gasteiger partial charge in [-0.05, 0) is 53.6 Å². The molecule has 0 bridgehead atoms. The van der Waals surface area contributed by atoms with Gasteiger partial charge in [0, 0.05) is 23.0 Å². The number of ether oxygens (including phenoxy) is 1. The van der Waals surface area contributed by atoms with Gasteiger partial charge in [0.15, 0.2) is 5.75 Å². The van der Waals surface area contributed by atoms with Crippen LogP contribution in [0.15, 0.2) is 115 Å². The van der Waals surface area contributed by atoms with Crippen LogP contribution >= 0.6 is 0 Å². The zero-order valence-corrected chi connectivity index (χ0v) is 20.7. The number of carbonyl (C=O) groups excluding carboxylic acids is 2. The van der Waals surface area contributed by atoms with Gasteiger partial charge in [0.2, 0.25) is 5.88 Å². The smallest absolute Gasteiger partial charge is 0.261 e. The van der Waals surface area contributed by atoms with Crippen molar-refractivity contribution in [3.63, 3.8) is 0 Å². The SMILES string of the molecule is O=C(Nc1ccc(C(=O)N2Cc3cccnc3Oc3ccccc32)c(F)c1)c1ccccc1-c1ccccc1. The minimum Gasteiger partial charge on any atom is -0.436 e. The summed E-state index contributed by atoms with van der Waals surface area (Å²) in [6.07, 6.45) is 1.61. The molecule has 1 aromatic heterocycles. The molecule has 0 spiro atoms. The van der Waals surface area contributed by atoms with E-state index in [9.17, 15) is 9.59 Å². The lowest BCUT2D eigenvalue weighted by Crippen LogP contribution is -2.30. The van der Waals surface area contributed by atoms with Crippen LogP contribution in [0.1, 0.15) is 26.3 Å². The average Bonchev–Trinajstić information content (AvgIpc) is 3.14. The third-order valence-corrected chi connectivity index (χ3v) is 6.50. The van der Waals surface area contributed by atoms with E-state index in [2.05, 4.69) is 10.3 Å². The summed E-state index contributed by atoms with van der Waals surface area (Å²) in [5, 5.41) is 2.76. The van der Waals surface area contributed by atoms with Gasteiger partial charge in [0.1, 0.15) is 5.82 Å². The van der Waals surface area contributed by atoms with E-state index < -0.39 is 11.7 Å². The maximum atomic E-state index is 15.4. The van der Waals surface area contributed by atoms with Crippen molar-refractivity contribution >= 4 is 23.2 Å². The molecule has 4 aromatic carbocycles. The van der Waals surface area contributed by atoms with Crippen LogP contribution in [0.2, 0.25) is 0 Å². The fourth-order valence-electron chi connectivity index (χ4n) is 4.60. The van der Waals surface area contributed by atoms with E-state index in [-0.39, 0.29) is 23.7 Å². The van der Waals surface area contributed by atoms with Crippen LogP contribution in [0, 0.1) is 5.82 Å². The first-order chi connectivity index (χ1) is 19.1. The van der Waals surface area contributed by atoms with Gasteiger partial charge in [-0.15, -0.1) is 0 Å². The van der Waals surface area contributed by atoms with E-state index in [1.54, 1.807) is 48.7 Å². The molecule has 0 fully saturated rings. The molecule has 0 aliphatic carbocycles. The first kappa shape index (κ1) is 24.1. The van der Waals surface area contributed by atoms with Crippen molar-refractivity contribution in [3.8, 4) is 22.8 Å². The molecule has 0 saturated carbocycles. The third-order valence-electron chi connectivity index (χ3n) is 6.50. The molecule has 6 nitrogen and oxygen atoms in total.